The van der Waals surface area contributed by atoms with Crippen molar-refractivity contribution in [1.29, 1.82) is 0 Å². The van der Waals surface area contributed by atoms with Gasteiger partial charge in [0.05, 0.1) is 0 Å². The van der Waals surface area contributed by atoms with Gasteiger partial charge in [-0.3, -0.25) is 0 Å². The lowest BCUT2D eigenvalue weighted by Gasteiger charge is -2.38. The summed E-state index contributed by atoms with van der Waals surface area (Å²) in [4.78, 5) is 5.30. The van der Waals surface area contributed by atoms with Crippen LogP contribution in [0.5, 0.6) is 0 Å². The molecule has 36 heavy (non-hydrogen) atoms. The molecular formula is C30H42Cl2N4. The Hall–Kier alpha value is -1.46. The molecule has 0 bridgehead atoms. The van der Waals surface area contributed by atoms with Crippen LogP contribution in [0.3, 0.4) is 0 Å². The van der Waals surface area contributed by atoms with Crippen LogP contribution < -0.4 is 20.4 Å². The largest absolute Gasteiger partial charge is 0.369 e. The third kappa shape index (κ3) is 4.53. The number of para-hydroxylation sites is 2. The van der Waals surface area contributed by atoms with E-state index in [1.807, 2.05) is 0 Å². The third-order valence-electron chi connectivity index (χ3n) is 9.71. The van der Waals surface area contributed by atoms with Gasteiger partial charge in [-0.1, -0.05) is 49.2 Å². The number of hydrogen-bond donors (Lipinski definition) is 2. The summed E-state index contributed by atoms with van der Waals surface area (Å²) in [6.45, 7) is 9.35. The van der Waals surface area contributed by atoms with Gasteiger partial charge in [0.1, 0.15) is 0 Å². The number of anilines is 2. The summed E-state index contributed by atoms with van der Waals surface area (Å²) in [5, 5.41) is 7.09. The molecule has 2 aromatic carbocycles. The zero-order valence-corrected chi connectivity index (χ0v) is 23.0. The lowest BCUT2D eigenvalue weighted by Crippen LogP contribution is -2.38. The van der Waals surface area contributed by atoms with E-state index in [1.165, 1.54) is 75.8 Å². The van der Waals surface area contributed by atoms with E-state index in [0.29, 0.717) is 0 Å². The van der Waals surface area contributed by atoms with Crippen molar-refractivity contribution in [2.45, 2.75) is 63.5 Å². The van der Waals surface area contributed by atoms with E-state index >= 15 is 0 Å². The Morgan fingerprint density at radius 1 is 0.611 bits per heavy atom. The maximum Gasteiger partial charge on any atom is 0.0447 e. The Bertz CT molecular complexity index is 976. The highest BCUT2D eigenvalue weighted by Crippen LogP contribution is 2.50. The van der Waals surface area contributed by atoms with Crippen molar-refractivity contribution in [3.63, 3.8) is 0 Å². The average Bonchev–Trinajstić information content (AvgIpc) is 3.43. The molecule has 0 spiro atoms. The van der Waals surface area contributed by atoms with Crippen molar-refractivity contribution in [2.75, 3.05) is 49.1 Å². The molecule has 0 amide bonds. The number of hydrogen-bond acceptors (Lipinski definition) is 4. The van der Waals surface area contributed by atoms with E-state index in [0.717, 1.165) is 49.9 Å². The van der Waals surface area contributed by atoms with E-state index in [2.05, 4.69) is 56.8 Å². The Morgan fingerprint density at radius 2 is 1.08 bits per heavy atom. The third-order valence-corrected chi connectivity index (χ3v) is 9.71. The molecule has 2 aliphatic carbocycles. The topological polar surface area (TPSA) is 30.5 Å². The normalized spacial score (nSPS) is 29.0. The maximum atomic E-state index is 3.55. The van der Waals surface area contributed by atoms with Crippen molar-refractivity contribution in [1.82, 2.24) is 10.6 Å². The molecule has 196 valence electrons. The molecule has 6 aliphatic rings. The molecule has 6 heteroatoms. The second kappa shape index (κ2) is 11.1. The van der Waals surface area contributed by atoms with Gasteiger partial charge >= 0.3 is 0 Å². The maximum absolute atomic E-state index is 3.55. The minimum absolute atomic E-state index is 0. The molecule has 8 rings (SSSR count). The first-order valence-electron chi connectivity index (χ1n) is 14.0. The fourth-order valence-electron chi connectivity index (χ4n) is 8.24. The van der Waals surface area contributed by atoms with Gasteiger partial charge in [-0.05, 0) is 71.6 Å². The van der Waals surface area contributed by atoms with Crippen LogP contribution in [0, 0.1) is 11.8 Å². The lowest BCUT2D eigenvalue weighted by molar-refractivity contribution is 0.454. The zero-order valence-electron chi connectivity index (χ0n) is 21.4. The monoisotopic (exact) mass is 528 g/mol. The SMILES string of the molecule is Cl.Cl.c1cc2c3c(c1)[C@H]1CCC[C@H]1CN3CCNC2.c1cc2c3c(c1)[C@H]1CCC[C@H]1CN3CCNC2. The number of benzene rings is 2. The number of rotatable bonds is 0. The lowest BCUT2D eigenvalue weighted by atomic mass is 9.82. The first-order valence-corrected chi connectivity index (χ1v) is 14.0. The minimum Gasteiger partial charge on any atom is -0.369 e. The fourth-order valence-corrected chi connectivity index (χ4v) is 8.24. The van der Waals surface area contributed by atoms with Gasteiger partial charge in [-0.2, -0.15) is 0 Å². The van der Waals surface area contributed by atoms with Crippen LogP contribution in [0.2, 0.25) is 0 Å². The summed E-state index contributed by atoms with van der Waals surface area (Å²) < 4.78 is 0. The molecule has 4 aliphatic heterocycles. The molecule has 4 atom stereocenters. The van der Waals surface area contributed by atoms with E-state index in [4.69, 9.17) is 0 Å². The van der Waals surface area contributed by atoms with Gasteiger partial charge in [-0.15, -0.1) is 24.8 Å². The molecule has 2 fully saturated rings. The molecule has 4 heterocycles. The van der Waals surface area contributed by atoms with Crippen LogP contribution in [0.1, 0.15) is 72.6 Å². The predicted molar refractivity (Wildman–Crippen MR) is 155 cm³/mol. The highest BCUT2D eigenvalue weighted by Gasteiger charge is 2.39. The highest BCUT2D eigenvalue weighted by atomic mass is 35.5. The molecule has 0 unspecified atom stereocenters. The Morgan fingerprint density at radius 3 is 1.56 bits per heavy atom. The number of nitrogens with zero attached hydrogens (tertiary/aromatic N) is 2. The van der Waals surface area contributed by atoms with E-state index in [-0.39, 0.29) is 24.8 Å². The smallest absolute Gasteiger partial charge is 0.0447 e. The molecule has 2 N–H and O–H groups in total. The van der Waals surface area contributed by atoms with Crippen LogP contribution in [-0.4, -0.2) is 39.3 Å². The molecule has 0 aromatic heterocycles. The predicted octanol–water partition coefficient (Wildman–Crippen LogP) is 5.83. The number of nitrogens with one attached hydrogen (secondary N) is 2. The van der Waals surface area contributed by atoms with Crippen molar-refractivity contribution >= 4 is 36.2 Å². The fraction of sp³-hybridized carbons (Fsp3) is 0.600. The van der Waals surface area contributed by atoms with Gasteiger partial charge in [0.25, 0.3) is 0 Å². The molecule has 2 aromatic rings. The highest BCUT2D eigenvalue weighted by molar-refractivity contribution is 5.85. The first kappa shape index (κ1) is 26.2. The van der Waals surface area contributed by atoms with Crippen molar-refractivity contribution in [2.24, 2.45) is 11.8 Å². The van der Waals surface area contributed by atoms with Gasteiger partial charge in [-0.25, -0.2) is 0 Å². The van der Waals surface area contributed by atoms with Crippen molar-refractivity contribution in [3.8, 4) is 0 Å². The standard InChI is InChI=1S/2C15H20N2.2ClH/c2*1-3-11-9-16-7-8-17-10-12-4-2-5-13(12)14(6-1)15(11)17;;/h2*1,3,6,12-13,16H,2,4-5,7-10H2;2*1H/t2*12-,13-;;/m00../s1. The average molecular weight is 530 g/mol. The van der Waals surface area contributed by atoms with Crippen molar-refractivity contribution < 1.29 is 0 Å². The Kier molecular flexibility index (Phi) is 8.07. The van der Waals surface area contributed by atoms with Crippen LogP contribution in [-0.2, 0) is 13.1 Å². The summed E-state index contributed by atoms with van der Waals surface area (Å²) in [6.07, 6.45) is 8.59. The van der Waals surface area contributed by atoms with Crippen LogP contribution in [0.15, 0.2) is 36.4 Å². The van der Waals surface area contributed by atoms with Gasteiger partial charge in [0.15, 0.2) is 0 Å². The van der Waals surface area contributed by atoms with E-state index < -0.39 is 0 Å². The van der Waals surface area contributed by atoms with E-state index in [9.17, 15) is 0 Å². The summed E-state index contributed by atoms with van der Waals surface area (Å²) in [5.41, 5.74) is 9.51. The Balaban J connectivity index is 0.000000140. The summed E-state index contributed by atoms with van der Waals surface area (Å²) in [5.74, 6) is 3.57. The zero-order chi connectivity index (χ0) is 22.5. The molecule has 2 saturated carbocycles. The van der Waals surface area contributed by atoms with E-state index in [1.54, 1.807) is 22.5 Å². The molecule has 4 nitrogen and oxygen atoms in total. The minimum atomic E-state index is 0. The van der Waals surface area contributed by atoms with Gasteiger partial charge in [0.2, 0.25) is 0 Å². The van der Waals surface area contributed by atoms with Crippen LogP contribution in [0.4, 0.5) is 11.4 Å². The summed E-state index contributed by atoms with van der Waals surface area (Å²) in [7, 11) is 0. The van der Waals surface area contributed by atoms with Crippen LogP contribution in [0.25, 0.3) is 0 Å². The number of halogens is 2. The first-order chi connectivity index (χ1) is 16.9. The van der Waals surface area contributed by atoms with Gasteiger partial charge in [0, 0.05) is 63.7 Å². The number of fused-ring (bicyclic) bond motifs is 4. The second-order valence-electron chi connectivity index (χ2n) is 11.6. The van der Waals surface area contributed by atoms with Crippen LogP contribution >= 0.6 is 24.8 Å². The molecule has 0 saturated heterocycles. The second-order valence-corrected chi connectivity index (χ2v) is 11.6. The van der Waals surface area contributed by atoms with Gasteiger partial charge < -0.3 is 20.4 Å². The molecule has 0 radical (unpaired) electrons. The summed E-state index contributed by atoms with van der Waals surface area (Å²) in [6, 6.07) is 13.9. The molecular weight excluding hydrogens is 487 g/mol. The Labute approximate surface area is 229 Å². The quantitative estimate of drug-likeness (QED) is 0.450. The summed E-state index contributed by atoms with van der Waals surface area (Å²) >= 11 is 0. The van der Waals surface area contributed by atoms with Crippen molar-refractivity contribution in [3.05, 3.63) is 58.7 Å².